The summed E-state index contributed by atoms with van der Waals surface area (Å²) in [6, 6.07) is 9.08. The molecule has 1 N–H and O–H groups in total. The SMILES string of the molecule is O=S(=O)(c1cccnc1)n1cc(CO)c(C2CC2)c1-c1ccccc1F. The first-order valence-electron chi connectivity index (χ1n) is 8.29. The zero-order chi connectivity index (χ0) is 18.3. The molecule has 1 aliphatic rings. The van der Waals surface area contributed by atoms with Gasteiger partial charge in [0.2, 0.25) is 0 Å². The zero-order valence-electron chi connectivity index (χ0n) is 13.8. The number of aromatic nitrogens is 2. The van der Waals surface area contributed by atoms with Gasteiger partial charge >= 0.3 is 0 Å². The molecule has 3 aromatic rings. The maximum atomic E-state index is 14.5. The Kier molecular flexibility index (Phi) is 4.13. The molecular formula is C19H17FN2O3S. The van der Waals surface area contributed by atoms with E-state index in [1.807, 2.05) is 0 Å². The molecule has 4 rings (SSSR count). The Hall–Kier alpha value is -2.51. The Morgan fingerprint density at radius 1 is 1.19 bits per heavy atom. The summed E-state index contributed by atoms with van der Waals surface area (Å²) in [6.45, 7) is -0.303. The fourth-order valence-electron chi connectivity index (χ4n) is 3.22. The van der Waals surface area contributed by atoms with Crippen LogP contribution in [0.2, 0.25) is 0 Å². The van der Waals surface area contributed by atoms with E-state index in [1.54, 1.807) is 18.2 Å². The maximum absolute atomic E-state index is 14.5. The lowest BCUT2D eigenvalue weighted by atomic mass is 10.0. The molecule has 26 heavy (non-hydrogen) atoms. The molecule has 0 amide bonds. The highest BCUT2D eigenvalue weighted by atomic mass is 32.2. The second-order valence-electron chi connectivity index (χ2n) is 6.32. The first-order chi connectivity index (χ1) is 12.5. The molecule has 0 radical (unpaired) electrons. The third-order valence-corrected chi connectivity index (χ3v) is 6.21. The number of hydrogen-bond acceptors (Lipinski definition) is 4. The van der Waals surface area contributed by atoms with Gasteiger partial charge in [-0.3, -0.25) is 4.98 Å². The lowest BCUT2D eigenvalue weighted by Crippen LogP contribution is -2.14. The van der Waals surface area contributed by atoms with E-state index in [4.69, 9.17) is 0 Å². The maximum Gasteiger partial charge on any atom is 0.269 e. The number of benzene rings is 1. The predicted molar refractivity (Wildman–Crippen MR) is 94.5 cm³/mol. The fraction of sp³-hybridized carbons (Fsp3) is 0.211. The lowest BCUT2D eigenvalue weighted by Gasteiger charge is -2.13. The topological polar surface area (TPSA) is 72.2 Å². The number of pyridine rings is 1. The highest BCUT2D eigenvalue weighted by Gasteiger charge is 2.35. The van der Waals surface area contributed by atoms with Crippen molar-refractivity contribution in [3.05, 3.63) is 71.9 Å². The van der Waals surface area contributed by atoms with Gasteiger partial charge in [-0.2, -0.15) is 0 Å². The minimum absolute atomic E-state index is 0.0134. The van der Waals surface area contributed by atoms with Crippen LogP contribution in [0.5, 0.6) is 0 Å². The number of aliphatic hydroxyl groups excluding tert-OH is 1. The van der Waals surface area contributed by atoms with Gasteiger partial charge in [-0.15, -0.1) is 0 Å². The average Bonchev–Trinajstić information content (AvgIpc) is 3.42. The molecule has 0 aliphatic heterocycles. The Balaban J connectivity index is 2.03. The molecule has 1 saturated carbocycles. The summed E-state index contributed by atoms with van der Waals surface area (Å²) < 4.78 is 42.0. The quantitative estimate of drug-likeness (QED) is 0.746. The zero-order valence-corrected chi connectivity index (χ0v) is 14.7. The van der Waals surface area contributed by atoms with Crippen molar-refractivity contribution >= 4 is 10.0 Å². The Labute approximate surface area is 150 Å². The van der Waals surface area contributed by atoms with E-state index in [1.165, 1.54) is 36.8 Å². The Morgan fingerprint density at radius 2 is 1.96 bits per heavy atom. The average molecular weight is 372 g/mol. The van der Waals surface area contributed by atoms with E-state index in [0.717, 1.165) is 16.8 Å². The first-order valence-corrected chi connectivity index (χ1v) is 9.73. The van der Waals surface area contributed by atoms with Crippen molar-refractivity contribution in [3.8, 4) is 11.3 Å². The van der Waals surface area contributed by atoms with Crippen LogP contribution in [-0.4, -0.2) is 22.5 Å². The van der Waals surface area contributed by atoms with Crippen LogP contribution in [0.1, 0.15) is 29.9 Å². The molecule has 2 heterocycles. The number of hydrogen-bond donors (Lipinski definition) is 1. The lowest BCUT2D eigenvalue weighted by molar-refractivity contribution is 0.281. The number of nitrogens with zero attached hydrogens (tertiary/aromatic N) is 2. The van der Waals surface area contributed by atoms with Gasteiger partial charge in [-0.05, 0) is 48.6 Å². The van der Waals surface area contributed by atoms with Gasteiger partial charge in [0.05, 0.1) is 12.3 Å². The number of rotatable bonds is 5. The standard InChI is InChI=1S/C19H17FN2O3S/c20-17-6-2-1-5-16(17)19-18(13-7-8-13)14(12-23)11-22(19)26(24,25)15-4-3-9-21-10-15/h1-6,9-11,13,23H,7-8,12H2. The summed E-state index contributed by atoms with van der Waals surface area (Å²) in [7, 11) is -3.98. The Morgan fingerprint density at radius 3 is 2.58 bits per heavy atom. The van der Waals surface area contributed by atoms with Gasteiger partial charge in [0.25, 0.3) is 10.0 Å². The van der Waals surface area contributed by atoms with Gasteiger partial charge in [0.1, 0.15) is 10.7 Å². The van der Waals surface area contributed by atoms with E-state index in [-0.39, 0.29) is 23.0 Å². The third kappa shape index (κ3) is 2.73. The van der Waals surface area contributed by atoms with E-state index < -0.39 is 15.8 Å². The molecule has 0 saturated heterocycles. The van der Waals surface area contributed by atoms with Crippen LogP contribution in [0, 0.1) is 5.82 Å². The van der Waals surface area contributed by atoms with Crippen molar-refractivity contribution in [2.75, 3.05) is 0 Å². The van der Waals surface area contributed by atoms with Crippen molar-refractivity contribution < 1.29 is 17.9 Å². The smallest absolute Gasteiger partial charge is 0.269 e. The van der Waals surface area contributed by atoms with Crippen LogP contribution in [0.4, 0.5) is 4.39 Å². The monoisotopic (exact) mass is 372 g/mol. The summed E-state index contributed by atoms with van der Waals surface area (Å²) in [4.78, 5) is 3.89. The van der Waals surface area contributed by atoms with Gasteiger partial charge in [0, 0.05) is 29.7 Å². The van der Waals surface area contributed by atoms with Crippen molar-refractivity contribution in [1.29, 1.82) is 0 Å². The highest BCUT2D eigenvalue weighted by Crippen LogP contribution is 2.48. The molecule has 1 aromatic carbocycles. The molecule has 1 aliphatic carbocycles. The van der Waals surface area contributed by atoms with Crippen LogP contribution in [0.3, 0.4) is 0 Å². The van der Waals surface area contributed by atoms with Crippen LogP contribution in [-0.2, 0) is 16.6 Å². The minimum atomic E-state index is -3.98. The largest absolute Gasteiger partial charge is 0.392 e. The molecule has 1 fully saturated rings. The summed E-state index contributed by atoms with van der Waals surface area (Å²) in [6.07, 6.45) is 5.94. The van der Waals surface area contributed by atoms with Crippen LogP contribution in [0.15, 0.2) is 59.9 Å². The summed E-state index contributed by atoms with van der Waals surface area (Å²) in [5, 5.41) is 9.77. The fourth-order valence-corrected chi connectivity index (χ4v) is 4.59. The van der Waals surface area contributed by atoms with Crippen molar-refractivity contribution in [1.82, 2.24) is 8.96 Å². The number of aliphatic hydroxyl groups is 1. The van der Waals surface area contributed by atoms with E-state index in [2.05, 4.69) is 4.98 Å². The summed E-state index contributed by atoms with van der Waals surface area (Å²) in [5.41, 5.74) is 1.73. The predicted octanol–water partition coefficient (Wildman–Crippen LogP) is 3.30. The molecular weight excluding hydrogens is 355 g/mol. The normalized spacial score (nSPS) is 14.5. The summed E-state index contributed by atoms with van der Waals surface area (Å²) in [5.74, 6) is -0.364. The van der Waals surface area contributed by atoms with Gasteiger partial charge in [-0.25, -0.2) is 16.8 Å². The van der Waals surface area contributed by atoms with Crippen molar-refractivity contribution in [3.63, 3.8) is 0 Å². The van der Waals surface area contributed by atoms with Crippen LogP contribution >= 0.6 is 0 Å². The molecule has 0 atom stereocenters. The van der Waals surface area contributed by atoms with Gasteiger partial charge in [-0.1, -0.05) is 12.1 Å². The van der Waals surface area contributed by atoms with Crippen molar-refractivity contribution in [2.45, 2.75) is 30.3 Å². The molecule has 7 heteroatoms. The van der Waals surface area contributed by atoms with E-state index in [0.29, 0.717) is 16.8 Å². The van der Waals surface area contributed by atoms with Crippen LogP contribution < -0.4 is 0 Å². The second-order valence-corrected chi connectivity index (χ2v) is 8.13. The molecule has 2 aromatic heterocycles. The molecule has 134 valence electrons. The van der Waals surface area contributed by atoms with Crippen molar-refractivity contribution in [2.24, 2.45) is 0 Å². The Bertz CT molecular complexity index is 1060. The van der Waals surface area contributed by atoms with E-state index in [9.17, 15) is 17.9 Å². The number of halogens is 1. The van der Waals surface area contributed by atoms with Gasteiger partial charge < -0.3 is 5.11 Å². The highest BCUT2D eigenvalue weighted by molar-refractivity contribution is 7.90. The first kappa shape index (κ1) is 16.9. The van der Waals surface area contributed by atoms with Crippen LogP contribution in [0.25, 0.3) is 11.3 Å². The summed E-state index contributed by atoms with van der Waals surface area (Å²) >= 11 is 0. The molecule has 0 unspecified atom stereocenters. The molecule has 0 spiro atoms. The molecule has 5 nitrogen and oxygen atoms in total. The van der Waals surface area contributed by atoms with Gasteiger partial charge in [0.15, 0.2) is 0 Å². The van der Waals surface area contributed by atoms with E-state index >= 15 is 0 Å². The molecule has 0 bridgehead atoms. The second kappa shape index (κ2) is 6.34. The third-order valence-electron chi connectivity index (χ3n) is 4.57. The minimum Gasteiger partial charge on any atom is -0.392 e.